The van der Waals surface area contributed by atoms with Crippen molar-refractivity contribution in [2.45, 2.75) is 94.1 Å². The molecule has 7 atom stereocenters. The van der Waals surface area contributed by atoms with Gasteiger partial charge in [0.15, 0.2) is 40.0 Å². The minimum Gasteiger partial charge on any atom is -0.493 e. The number of rotatable bonds is 9. The Bertz CT molecular complexity index is 3390. The number of nitrogens with one attached hydrogen (secondary N) is 1. The molecule has 1 N–H and O–H groups in total. The molecule has 1 spiro atoms. The molecule has 18 heteroatoms. The van der Waals surface area contributed by atoms with Crippen molar-refractivity contribution in [2.24, 2.45) is 0 Å². The molecule has 79 heavy (non-hydrogen) atoms. The molecule has 7 aliphatic rings. The summed E-state index contributed by atoms with van der Waals surface area (Å²) >= 11 is 1.43. The highest BCUT2D eigenvalue weighted by Crippen LogP contribution is 2.65. The van der Waals surface area contributed by atoms with Gasteiger partial charge in [-0.1, -0.05) is 66.7 Å². The normalized spacial score (nSPS) is 23.9. The summed E-state index contributed by atoms with van der Waals surface area (Å²) in [4.78, 5) is 61.4. The summed E-state index contributed by atoms with van der Waals surface area (Å²) in [5.41, 5.74) is 4.48. The number of fused-ring (bicyclic) bond motifs is 9. The number of nitriles is 1. The molecular formula is C61H60N4O13S. The minimum atomic E-state index is -1.53. The topological polar surface area (TPSA) is 194 Å². The van der Waals surface area contributed by atoms with Crippen LogP contribution in [0.1, 0.15) is 93.7 Å². The number of thioether (sulfide) groups is 1. The minimum absolute atomic E-state index is 0.0233. The molecule has 0 aliphatic carbocycles. The number of hydrogen-bond acceptors (Lipinski definition) is 18. The van der Waals surface area contributed by atoms with Gasteiger partial charge in [-0.05, 0) is 112 Å². The zero-order valence-electron chi connectivity index (χ0n) is 45.1. The first-order valence-corrected chi connectivity index (χ1v) is 27.2. The average Bonchev–Trinajstić information content (AvgIpc) is 4.10. The maximum absolute atomic E-state index is 15.4. The Morgan fingerprint density at radius 3 is 2.13 bits per heavy atom. The van der Waals surface area contributed by atoms with E-state index in [0.717, 1.165) is 22.3 Å². The largest absolute Gasteiger partial charge is 0.514 e. The van der Waals surface area contributed by atoms with Gasteiger partial charge in [0.1, 0.15) is 24.0 Å². The smallest absolute Gasteiger partial charge is 0.493 e. The molecule has 5 aromatic carbocycles. The van der Waals surface area contributed by atoms with E-state index in [1.165, 1.54) is 31.0 Å². The number of likely N-dealkylation sites (N-methyl/N-ethyl adjacent to an activating group) is 1. The fourth-order valence-corrected chi connectivity index (χ4v) is 14.0. The Kier molecular flexibility index (Phi) is 14.2. The molecule has 1 unspecified atom stereocenters. The second-order valence-corrected chi connectivity index (χ2v) is 22.5. The zero-order chi connectivity index (χ0) is 55.5. The van der Waals surface area contributed by atoms with Crippen molar-refractivity contribution in [2.75, 3.05) is 47.0 Å². The van der Waals surface area contributed by atoms with Crippen molar-refractivity contribution in [3.8, 4) is 46.3 Å². The number of piperazine rings is 1. The lowest BCUT2D eigenvalue weighted by Gasteiger charge is -2.62. The van der Waals surface area contributed by atoms with Gasteiger partial charge in [0.25, 0.3) is 0 Å². The van der Waals surface area contributed by atoms with E-state index in [0.29, 0.717) is 70.0 Å². The van der Waals surface area contributed by atoms with Crippen molar-refractivity contribution in [1.82, 2.24) is 15.1 Å². The summed E-state index contributed by atoms with van der Waals surface area (Å²) < 4.78 is 55.6. The van der Waals surface area contributed by atoms with Crippen molar-refractivity contribution in [3.63, 3.8) is 0 Å². The third-order valence-electron chi connectivity index (χ3n) is 15.6. The molecule has 0 radical (unpaired) electrons. The van der Waals surface area contributed by atoms with E-state index in [1.54, 1.807) is 52.2 Å². The molecule has 2 saturated heterocycles. The lowest BCUT2D eigenvalue weighted by atomic mass is 9.71. The maximum Gasteiger partial charge on any atom is 0.514 e. The molecule has 5 aromatic rings. The van der Waals surface area contributed by atoms with Gasteiger partial charge in [0.05, 0.1) is 37.6 Å². The van der Waals surface area contributed by atoms with Crippen LogP contribution in [0.15, 0.2) is 91.0 Å². The summed E-state index contributed by atoms with van der Waals surface area (Å²) in [6.45, 7) is 8.84. The third kappa shape index (κ3) is 9.51. The van der Waals surface area contributed by atoms with Crippen LogP contribution >= 0.6 is 11.8 Å². The van der Waals surface area contributed by atoms with Crippen LogP contribution in [0.2, 0.25) is 0 Å². The molecule has 408 valence electrons. The molecule has 12 rings (SSSR count). The van der Waals surface area contributed by atoms with Crippen molar-refractivity contribution >= 4 is 48.0 Å². The van der Waals surface area contributed by atoms with Crippen molar-refractivity contribution < 1.29 is 61.8 Å². The van der Waals surface area contributed by atoms with Crippen LogP contribution in [0.25, 0.3) is 12.2 Å². The second kappa shape index (κ2) is 21.1. The SMILES string of the molecule is COc1cc2c(cc1OC(=O)OC(C)(C)C)CCN[C@]21CS[C@@H]2c3c(OC(=O)/C=C/c4ccccc4)c(C)c4c(c3[C@H](COC1=O)N1C2[C@H]2c3c(cc(C)c(OC)c3OC(=O)/C=C/c3ccccc3)C[C@@H]([C@@H]1C#N)N2C)OCO4. The third-order valence-corrected chi connectivity index (χ3v) is 17.0. The van der Waals surface area contributed by atoms with Gasteiger partial charge in [-0.15, -0.1) is 11.8 Å². The Morgan fingerprint density at radius 1 is 0.810 bits per heavy atom. The highest BCUT2D eigenvalue weighted by molar-refractivity contribution is 7.99. The van der Waals surface area contributed by atoms with Gasteiger partial charge in [-0.2, -0.15) is 5.26 Å². The quantitative estimate of drug-likeness (QED) is 0.0635. The molecule has 17 nitrogen and oxygen atoms in total. The molecule has 0 amide bonds. The Hall–Kier alpha value is -7.82. The van der Waals surface area contributed by atoms with Crippen LogP contribution in [-0.2, 0) is 42.2 Å². The molecule has 0 saturated carbocycles. The summed E-state index contributed by atoms with van der Waals surface area (Å²) in [7, 11) is 4.97. The van der Waals surface area contributed by atoms with Crippen LogP contribution in [0.3, 0.4) is 0 Å². The van der Waals surface area contributed by atoms with Crippen LogP contribution in [0, 0.1) is 25.2 Å². The molecular weight excluding hydrogens is 1030 g/mol. The van der Waals surface area contributed by atoms with E-state index in [2.05, 4.69) is 21.2 Å². The number of benzene rings is 5. The Labute approximate surface area is 462 Å². The predicted molar refractivity (Wildman–Crippen MR) is 292 cm³/mol. The van der Waals surface area contributed by atoms with Gasteiger partial charge in [-0.3, -0.25) is 15.1 Å². The van der Waals surface area contributed by atoms with Gasteiger partial charge >= 0.3 is 24.1 Å². The first kappa shape index (κ1) is 53.2. The van der Waals surface area contributed by atoms with Crippen LogP contribution in [-0.4, -0.2) is 105 Å². The Balaban J connectivity index is 1.12. The van der Waals surface area contributed by atoms with Crippen molar-refractivity contribution in [1.29, 1.82) is 5.26 Å². The number of esters is 3. The fraction of sp³-hybridized carbons (Fsp3) is 0.361. The first-order chi connectivity index (χ1) is 38.0. The number of nitrogens with zero attached hydrogens (tertiary/aromatic N) is 3. The Morgan fingerprint density at radius 2 is 1.48 bits per heavy atom. The van der Waals surface area contributed by atoms with Crippen LogP contribution < -0.4 is 38.5 Å². The van der Waals surface area contributed by atoms with Gasteiger partial charge in [0.2, 0.25) is 6.79 Å². The lowest BCUT2D eigenvalue weighted by molar-refractivity contribution is -0.157. The number of methoxy groups -OCH3 is 2. The molecule has 0 aromatic heterocycles. The number of carbonyl (C=O) groups is 4. The zero-order valence-corrected chi connectivity index (χ0v) is 45.9. The first-order valence-electron chi connectivity index (χ1n) is 26.1. The number of hydrogen-bond donors (Lipinski definition) is 1. The lowest BCUT2D eigenvalue weighted by Crippen LogP contribution is -2.69. The summed E-state index contributed by atoms with van der Waals surface area (Å²) in [5.74, 6) is 0.0813. The van der Waals surface area contributed by atoms with Gasteiger partial charge < -0.3 is 42.6 Å². The van der Waals surface area contributed by atoms with Gasteiger partial charge in [-0.25, -0.2) is 19.2 Å². The van der Waals surface area contributed by atoms with Crippen LogP contribution in [0.4, 0.5) is 4.79 Å². The molecule has 2 fully saturated rings. The molecule has 7 aliphatic heterocycles. The van der Waals surface area contributed by atoms with E-state index in [4.69, 9.17) is 42.6 Å². The number of aryl methyl sites for hydroxylation is 1. The number of ether oxygens (including phenoxy) is 9. The predicted octanol–water partition coefficient (Wildman–Crippen LogP) is 9.20. The van der Waals surface area contributed by atoms with E-state index in [1.807, 2.05) is 87.6 Å². The highest BCUT2D eigenvalue weighted by Gasteiger charge is 2.62. The van der Waals surface area contributed by atoms with E-state index < -0.39 is 70.7 Å². The van der Waals surface area contributed by atoms with E-state index in [9.17, 15) is 19.6 Å². The summed E-state index contributed by atoms with van der Waals surface area (Å²) in [5, 5.41) is 14.4. The molecule has 4 bridgehead atoms. The van der Waals surface area contributed by atoms with Crippen molar-refractivity contribution in [3.05, 3.63) is 147 Å². The monoisotopic (exact) mass is 1090 g/mol. The highest BCUT2D eigenvalue weighted by atomic mass is 32.2. The summed E-state index contributed by atoms with van der Waals surface area (Å²) in [6.07, 6.45) is 6.06. The van der Waals surface area contributed by atoms with E-state index in [-0.39, 0.29) is 42.2 Å². The standard InChI is InChI=1S/C61H60N4O13S/c1-33-25-38-26-40-41(29-62)65-42-30-72-58(68)61(39-28-43(70-7)44(27-37(39)23-24-63-61)75-59(69)78-60(3,4)5)31-79-57(49-48(42)55-54(73-32-74-55)34(2)53(49)76-45(66)21-19-35-15-11-9-12-16-35)51(65)50(64(40)6)47(38)56(52(33)71-8)77-46(67)22-20-36-17-13-10-14-18-36/h9-22,25,27-28,40-42,50-51,57,63H,23-24,26,30-32H2,1-8H3/b21-19+,22-20+/t40-,41-,42-,50+,51?,57+,61+/m0/s1. The molecule has 7 heterocycles. The van der Waals surface area contributed by atoms with Gasteiger partial charge in [0, 0.05) is 58.8 Å². The van der Waals surface area contributed by atoms with Crippen LogP contribution in [0.5, 0.6) is 40.2 Å². The fourth-order valence-electron chi connectivity index (χ4n) is 12.3. The number of carbonyl (C=O) groups excluding carboxylic acids is 4. The second-order valence-electron chi connectivity index (χ2n) is 21.4. The maximum atomic E-state index is 15.4. The average molecular weight is 1090 g/mol. The van der Waals surface area contributed by atoms with E-state index >= 15 is 4.79 Å². The summed E-state index contributed by atoms with van der Waals surface area (Å²) in [6, 6.07) is 23.5.